The number of nitrogens with one attached hydrogen (secondary N) is 1. The monoisotopic (exact) mass is 324 g/mol. The molecule has 0 bridgehead atoms. The highest BCUT2D eigenvalue weighted by Crippen LogP contribution is 2.18. The van der Waals surface area contributed by atoms with Crippen molar-refractivity contribution in [2.45, 2.75) is 39.7 Å². The first kappa shape index (κ1) is 18.7. The predicted molar refractivity (Wildman–Crippen MR) is 85.6 cm³/mol. The van der Waals surface area contributed by atoms with Gasteiger partial charge in [0.15, 0.2) is 0 Å². The van der Waals surface area contributed by atoms with Crippen LogP contribution in [0, 0.1) is 5.92 Å². The highest BCUT2D eigenvalue weighted by atomic mass is 16.5. The summed E-state index contributed by atoms with van der Waals surface area (Å²) in [7, 11) is 0. The van der Waals surface area contributed by atoms with Crippen LogP contribution < -0.4 is 10.9 Å². The Morgan fingerprint density at radius 1 is 1.39 bits per heavy atom. The third kappa shape index (κ3) is 6.14. The highest BCUT2D eigenvalue weighted by molar-refractivity contribution is 5.74. The van der Waals surface area contributed by atoms with E-state index in [-0.39, 0.29) is 24.6 Å². The second-order valence-corrected chi connectivity index (χ2v) is 5.66. The fourth-order valence-electron chi connectivity index (χ4n) is 2.27. The number of hydrogen-bond donors (Lipinski definition) is 2. The average Bonchev–Trinajstić information content (AvgIpc) is 2.45. The molecule has 1 heterocycles. The number of ether oxygens (including phenoxy) is 1. The summed E-state index contributed by atoms with van der Waals surface area (Å²) < 4.78 is 6.44. The molecule has 0 saturated carbocycles. The standard InChI is InChI=1S/C16H24N2O5/c1-4-23-15(20)13(9-11(2)3)18-8-6-12(10-14(18)19)5-7-17-16(21)22/h6,8,10-11,13,17H,4-5,7,9H2,1-3H3,(H,21,22). The zero-order valence-corrected chi connectivity index (χ0v) is 13.7. The van der Waals surface area contributed by atoms with Crippen LogP contribution in [0.5, 0.6) is 0 Å². The molecule has 0 saturated heterocycles. The fourth-order valence-corrected chi connectivity index (χ4v) is 2.27. The summed E-state index contributed by atoms with van der Waals surface area (Å²) in [6.07, 6.45) is 1.40. The molecule has 128 valence electrons. The lowest BCUT2D eigenvalue weighted by atomic mass is 10.0. The van der Waals surface area contributed by atoms with E-state index in [0.717, 1.165) is 0 Å². The molecule has 0 aliphatic rings. The number of pyridine rings is 1. The van der Waals surface area contributed by atoms with E-state index in [9.17, 15) is 14.4 Å². The first-order chi connectivity index (χ1) is 10.8. The molecule has 1 rings (SSSR count). The SMILES string of the molecule is CCOC(=O)C(CC(C)C)n1ccc(CCNC(=O)O)cc1=O. The first-order valence-electron chi connectivity index (χ1n) is 7.69. The van der Waals surface area contributed by atoms with E-state index in [2.05, 4.69) is 5.32 Å². The van der Waals surface area contributed by atoms with Crippen LogP contribution in [0.3, 0.4) is 0 Å². The topological polar surface area (TPSA) is 97.6 Å². The van der Waals surface area contributed by atoms with Crippen molar-refractivity contribution in [2.24, 2.45) is 5.92 Å². The molecule has 0 aliphatic heterocycles. The molecular weight excluding hydrogens is 300 g/mol. The van der Waals surface area contributed by atoms with Gasteiger partial charge in [0.2, 0.25) is 0 Å². The van der Waals surface area contributed by atoms with Gasteiger partial charge in [-0.05, 0) is 37.3 Å². The van der Waals surface area contributed by atoms with Gasteiger partial charge < -0.3 is 19.7 Å². The highest BCUT2D eigenvalue weighted by Gasteiger charge is 2.23. The van der Waals surface area contributed by atoms with Crippen LogP contribution in [0.2, 0.25) is 0 Å². The van der Waals surface area contributed by atoms with Crippen LogP contribution in [0.1, 0.15) is 38.8 Å². The number of nitrogens with zero attached hydrogens (tertiary/aromatic N) is 1. The Hall–Kier alpha value is -2.31. The van der Waals surface area contributed by atoms with Gasteiger partial charge in [-0.25, -0.2) is 9.59 Å². The number of carbonyl (C=O) groups excluding carboxylic acids is 1. The summed E-state index contributed by atoms with van der Waals surface area (Å²) in [5, 5.41) is 10.8. The van der Waals surface area contributed by atoms with Gasteiger partial charge in [-0.15, -0.1) is 0 Å². The Kier molecular flexibility index (Phi) is 7.31. The molecule has 1 aromatic heterocycles. The zero-order chi connectivity index (χ0) is 17.4. The molecule has 0 spiro atoms. The molecule has 23 heavy (non-hydrogen) atoms. The third-order valence-corrected chi connectivity index (χ3v) is 3.29. The van der Waals surface area contributed by atoms with Crippen molar-refractivity contribution in [3.05, 3.63) is 34.2 Å². The van der Waals surface area contributed by atoms with Crippen molar-refractivity contribution in [1.82, 2.24) is 9.88 Å². The smallest absolute Gasteiger partial charge is 0.404 e. The van der Waals surface area contributed by atoms with Crippen LogP contribution in [0.25, 0.3) is 0 Å². The summed E-state index contributed by atoms with van der Waals surface area (Å²) in [6, 6.07) is 2.50. The van der Waals surface area contributed by atoms with Crippen molar-refractivity contribution < 1.29 is 19.4 Å². The number of aromatic nitrogens is 1. The van der Waals surface area contributed by atoms with Gasteiger partial charge in [0.1, 0.15) is 6.04 Å². The molecule has 1 amide bonds. The number of carbonyl (C=O) groups is 2. The van der Waals surface area contributed by atoms with Crippen molar-refractivity contribution in [3.8, 4) is 0 Å². The minimum atomic E-state index is -1.10. The summed E-state index contributed by atoms with van der Waals surface area (Å²) in [5.41, 5.74) is 0.420. The molecule has 1 atom stereocenters. The second-order valence-electron chi connectivity index (χ2n) is 5.66. The maximum Gasteiger partial charge on any atom is 0.404 e. The first-order valence-corrected chi connectivity index (χ1v) is 7.69. The number of hydrogen-bond acceptors (Lipinski definition) is 4. The molecule has 1 unspecified atom stereocenters. The van der Waals surface area contributed by atoms with E-state index in [1.54, 1.807) is 19.2 Å². The van der Waals surface area contributed by atoms with Crippen molar-refractivity contribution in [3.63, 3.8) is 0 Å². The van der Waals surface area contributed by atoms with Gasteiger partial charge in [-0.1, -0.05) is 13.8 Å². The number of rotatable bonds is 8. The molecule has 0 aromatic carbocycles. The van der Waals surface area contributed by atoms with E-state index in [1.807, 2.05) is 13.8 Å². The van der Waals surface area contributed by atoms with E-state index < -0.39 is 18.1 Å². The zero-order valence-electron chi connectivity index (χ0n) is 13.7. The quantitative estimate of drug-likeness (QED) is 0.711. The Labute approximate surface area is 135 Å². The van der Waals surface area contributed by atoms with Crippen molar-refractivity contribution in [2.75, 3.05) is 13.2 Å². The second kappa shape index (κ2) is 8.97. The van der Waals surface area contributed by atoms with Crippen LogP contribution in [0.4, 0.5) is 4.79 Å². The minimum Gasteiger partial charge on any atom is -0.465 e. The molecule has 7 heteroatoms. The van der Waals surface area contributed by atoms with Gasteiger partial charge in [-0.3, -0.25) is 4.79 Å². The predicted octanol–water partition coefficient (Wildman–Crippen LogP) is 1.81. The number of esters is 1. The average molecular weight is 324 g/mol. The molecule has 1 aromatic rings. The van der Waals surface area contributed by atoms with Gasteiger partial charge in [0.05, 0.1) is 6.61 Å². The van der Waals surface area contributed by atoms with Crippen LogP contribution in [-0.4, -0.2) is 34.9 Å². The Bertz CT molecular complexity index is 594. The Morgan fingerprint density at radius 2 is 2.09 bits per heavy atom. The van der Waals surface area contributed by atoms with Crippen molar-refractivity contribution in [1.29, 1.82) is 0 Å². The van der Waals surface area contributed by atoms with Crippen LogP contribution >= 0.6 is 0 Å². The number of carboxylic acid groups (broad SMARTS) is 1. The Balaban J connectivity index is 2.93. The van der Waals surface area contributed by atoms with Gasteiger partial charge in [0, 0.05) is 18.8 Å². The normalized spacial score (nSPS) is 12.0. The van der Waals surface area contributed by atoms with Gasteiger partial charge in [0.25, 0.3) is 5.56 Å². The van der Waals surface area contributed by atoms with Gasteiger partial charge in [-0.2, -0.15) is 0 Å². The van der Waals surface area contributed by atoms with E-state index in [4.69, 9.17) is 9.84 Å². The lowest BCUT2D eigenvalue weighted by molar-refractivity contribution is -0.147. The summed E-state index contributed by atoms with van der Waals surface area (Å²) in [6.45, 7) is 6.17. The lowest BCUT2D eigenvalue weighted by Crippen LogP contribution is -2.32. The van der Waals surface area contributed by atoms with Crippen LogP contribution in [0.15, 0.2) is 23.1 Å². The van der Waals surface area contributed by atoms with Crippen molar-refractivity contribution >= 4 is 12.1 Å². The Morgan fingerprint density at radius 3 is 2.61 bits per heavy atom. The number of amides is 1. The lowest BCUT2D eigenvalue weighted by Gasteiger charge is -2.20. The van der Waals surface area contributed by atoms with E-state index in [0.29, 0.717) is 18.4 Å². The third-order valence-electron chi connectivity index (χ3n) is 3.29. The van der Waals surface area contributed by atoms with E-state index >= 15 is 0 Å². The summed E-state index contributed by atoms with van der Waals surface area (Å²) >= 11 is 0. The minimum absolute atomic E-state index is 0.228. The molecular formula is C16H24N2O5. The largest absolute Gasteiger partial charge is 0.465 e. The van der Waals surface area contributed by atoms with E-state index in [1.165, 1.54) is 10.6 Å². The summed E-state index contributed by atoms with van der Waals surface area (Å²) in [5.74, 6) is -0.181. The molecule has 7 nitrogen and oxygen atoms in total. The molecule has 0 aliphatic carbocycles. The fraction of sp³-hybridized carbons (Fsp3) is 0.562. The van der Waals surface area contributed by atoms with Crippen LogP contribution in [-0.2, 0) is 16.0 Å². The summed E-state index contributed by atoms with van der Waals surface area (Å²) in [4.78, 5) is 34.8. The molecule has 2 N–H and O–H groups in total. The molecule has 0 fully saturated rings. The maximum absolute atomic E-state index is 12.3. The maximum atomic E-state index is 12.3. The van der Waals surface area contributed by atoms with Gasteiger partial charge >= 0.3 is 12.1 Å². The molecule has 0 radical (unpaired) electrons.